The molecule has 0 amide bonds. The van der Waals surface area contributed by atoms with Gasteiger partial charge in [-0.2, -0.15) is 0 Å². The zero-order valence-electron chi connectivity index (χ0n) is 11.8. The topological polar surface area (TPSA) is 17.3 Å². The Morgan fingerprint density at radius 1 is 0.773 bits per heavy atom. The Balaban J connectivity index is 2.09. The van der Waals surface area contributed by atoms with Crippen LogP contribution < -0.4 is 0 Å². The lowest BCUT2D eigenvalue weighted by molar-refractivity contribution is 1.19. The lowest BCUT2D eigenvalue weighted by Gasteiger charge is -2.07. The van der Waals surface area contributed by atoms with Gasteiger partial charge in [-0.1, -0.05) is 70.5 Å². The molecule has 0 bridgehead atoms. The van der Waals surface area contributed by atoms with Crippen molar-refractivity contribution in [1.82, 2.24) is 9.38 Å². The fraction of sp³-hybridized carbons (Fsp3) is 0. The molecule has 0 aliphatic carbocycles. The van der Waals surface area contributed by atoms with Gasteiger partial charge in [-0.15, -0.1) is 0 Å². The van der Waals surface area contributed by atoms with E-state index in [9.17, 15) is 0 Å². The van der Waals surface area contributed by atoms with Crippen molar-refractivity contribution in [2.24, 2.45) is 0 Å². The summed E-state index contributed by atoms with van der Waals surface area (Å²) in [7, 11) is 0. The lowest BCUT2D eigenvalue weighted by atomic mass is 10.1. The van der Waals surface area contributed by atoms with Crippen LogP contribution >= 0.6 is 15.9 Å². The van der Waals surface area contributed by atoms with Crippen LogP contribution in [0.1, 0.15) is 0 Å². The van der Waals surface area contributed by atoms with Crippen LogP contribution in [0.15, 0.2) is 83.5 Å². The molecule has 0 aliphatic heterocycles. The van der Waals surface area contributed by atoms with Gasteiger partial charge in [0.25, 0.3) is 0 Å². The van der Waals surface area contributed by atoms with E-state index in [0.717, 1.165) is 32.6 Å². The fourth-order valence-electron chi connectivity index (χ4n) is 2.71. The number of fused-ring (bicyclic) bond motifs is 1. The molecule has 2 heterocycles. The summed E-state index contributed by atoms with van der Waals surface area (Å²) in [4.78, 5) is 4.85. The van der Waals surface area contributed by atoms with E-state index in [4.69, 9.17) is 4.98 Å². The minimum atomic E-state index is 0.951. The van der Waals surface area contributed by atoms with E-state index in [1.807, 2.05) is 42.5 Å². The summed E-state index contributed by atoms with van der Waals surface area (Å²) in [6, 6.07) is 24.7. The number of aromatic nitrogens is 2. The summed E-state index contributed by atoms with van der Waals surface area (Å²) in [5.41, 5.74) is 5.32. The molecule has 3 heteroatoms. The van der Waals surface area contributed by atoms with E-state index in [2.05, 4.69) is 56.9 Å². The Kier molecular flexibility index (Phi) is 3.28. The molecule has 22 heavy (non-hydrogen) atoms. The van der Waals surface area contributed by atoms with E-state index < -0.39 is 0 Å². The summed E-state index contributed by atoms with van der Waals surface area (Å²) in [5.74, 6) is 0. The monoisotopic (exact) mass is 348 g/mol. The van der Waals surface area contributed by atoms with E-state index >= 15 is 0 Å². The number of pyridine rings is 1. The van der Waals surface area contributed by atoms with Crippen LogP contribution in [-0.4, -0.2) is 9.38 Å². The Morgan fingerprint density at radius 3 is 2.32 bits per heavy atom. The van der Waals surface area contributed by atoms with Gasteiger partial charge in [-0.25, -0.2) is 4.98 Å². The molecule has 0 radical (unpaired) electrons. The van der Waals surface area contributed by atoms with Crippen molar-refractivity contribution in [2.75, 3.05) is 0 Å². The predicted molar refractivity (Wildman–Crippen MR) is 93.8 cm³/mol. The van der Waals surface area contributed by atoms with Crippen LogP contribution in [0.4, 0.5) is 0 Å². The number of nitrogens with zero attached hydrogens (tertiary/aromatic N) is 2. The first-order valence-electron chi connectivity index (χ1n) is 7.12. The second kappa shape index (κ2) is 5.43. The summed E-state index contributed by atoms with van der Waals surface area (Å²) < 4.78 is 3.19. The third kappa shape index (κ3) is 2.14. The second-order valence-corrected chi connectivity index (χ2v) is 5.94. The van der Waals surface area contributed by atoms with Gasteiger partial charge in [0.1, 0.15) is 5.65 Å². The quantitative estimate of drug-likeness (QED) is 0.472. The fourth-order valence-corrected chi connectivity index (χ4v) is 3.18. The van der Waals surface area contributed by atoms with Crippen molar-refractivity contribution >= 4 is 21.6 Å². The van der Waals surface area contributed by atoms with E-state index in [1.165, 1.54) is 0 Å². The summed E-state index contributed by atoms with van der Waals surface area (Å²) in [6.07, 6.45) is 2.06. The average molecular weight is 349 g/mol. The molecule has 0 spiro atoms. The van der Waals surface area contributed by atoms with Crippen molar-refractivity contribution in [2.45, 2.75) is 0 Å². The van der Waals surface area contributed by atoms with Crippen LogP contribution in [0.2, 0.25) is 0 Å². The number of benzene rings is 2. The number of imidazole rings is 1. The highest BCUT2D eigenvalue weighted by atomic mass is 79.9. The molecular weight excluding hydrogens is 336 g/mol. The Hall–Kier alpha value is -2.39. The molecule has 0 saturated heterocycles. The van der Waals surface area contributed by atoms with Crippen molar-refractivity contribution in [3.63, 3.8) is 0 Å². The molecule has 0 atom stereocenters. The Labute approximate surface area is 137 Å². The van der Waals surface area contributed by atoms with Gasteiger partial charge < -0.3 is 0 Å². The molecule has 0 unspecified atom stereocenters. The maximum atomic E-state index is 4.85. The molecular formula is C19H13BrN2. The Morgan fingerprint density at radius 2 is 1.50 bits per heavy atom. The van der Waals surface area contributed by atoms with Gasteiger partial charge in [-0.05, 0) is 18.2 Å². The number of halogens is 1. The van der Waals surface area contributed by atoms with Crippen LogP contribution in [0, 0.1) is 0 Å². The predicted octanol–water partition coefficient (Wildman–Crippen LogP) is 5.43. The van der Waals surface area contributed by atoms with Gasteiger partial charge in [-0.3, -0.25) is 4.40 Å². The van der Waals surface area contributed by atoms with Crippen LogP contribution in [-0.2, 0) is 0 Å². The minimum Gasteiger partial charge on any atom is -0.299 e. The highest BCUT2D eigenvalue weighted by Gasteiger charge is 2.16. The van der Waals surface area contributed by atoms with Gasteiger partial charge in [0.05, 0.1) is 11.4 Å². The highest BCUT2D eigenvalue weighted by molar-refractivity contribution is 9.10. The first-order valence-corrected chi connectivity index (χ1v) is 7.91. The molecule has 0 N–H and O–H groups in total. The molecule has 106 valence electrons. The number of rotatable bonds is 2. The molecule has 0 fully saturated rings. The van der Waals surface area contributed by atoms with Crippen LogP contribution in [0.5, 0.6) is 0 Å². The summed E-state index contributed by atoms with van der Waals surface area (Å²) >= 11 is 3.65. The third-order valence-electron chi connectivity index (χ3n) is 3.71. The van der Waals surface area contributed by atoms with Gasteiger partial charge in [0.15, 0.2) is 0 Å². The second-order valence-electron chi connectivity index (χ2n) is 5.08. The largest absolute Gasteiger partial charge is 0.299 e. The molecule has 4 aromatic rings. The van der Waals surface area contributed by atoms with Crippen molar-refractivity contribution in [3.05, 3.63) is 83.5 Å². The molecule has 2 nitrogen and oxygen atoms in total. The number of hydrogen-bond acceptors (Lipinski definition) is 1. The first kappa shape index (κ1) is 13.3. The Bertz CT molecular complexity index is 942. The maximum Gasteiger partial charge on any atom is 0.137 e. The zero-order valence-corrected chi connectivity index (χ0v) is 13.4. The third-order valence-corrected chi connectivity index (χ3v) is 4.40. The van der Waals surface area contributed by atoms with E-state index in [1.54, 1.807) is 0 Å². The van der Waals surface area contributed by atoms with Gasteiger partial charge in [0.2, 0.25) is 0 Å². The van der Waals surface area contributed by atoms with Crippen molar-refractivity contribution in [1.29, 1.82) is 0 Å². The van der Waals surface area contributed by atoms with Gasteiger partial charge in [0, 0.05) is 21.8 Å². The average Bonchev–Trinajstić information content (AvgIpc) is 2.95. The van der Waals surface area contributed by atoms with Crippen LogP contribution in [0.25, 0.3) is 28.2 Å². The van der Waals surface area contributed by atoms with E-state index in [0.29, 0.717) is 0 Å². The highest BCUT2D eigenvalue weighted by Crippen LogP contribution is 2.36. The van der Waals surface area contributed by atoms with Crippen LogP contribution in [0.3, 0.4) is 0 Å². The SMILES string of the molecule is Brc1ccccc1-c1nc2ccccn2c1-c1ccccc1. The minimum absolute atomic E-state index is 0.951. The molecule has 0 saturated carbocycles. The van der Waals surface area contributed by atoms with Gasteiger partial charge >= 0.3 is 0 Å². The van der Waals surface area contributed by atoms with Crippen molar-refractivity contribution in [3.8, 4) is 22.5 Å². The number of hydrogen-bond donors (Lipinski definition) is 0. The molecule has 2 aromatic carbocycles. The zero-order chi connectivity index (χ0) is 14.9. The normalized spacial score (nSPS) is 11.0. The molecule has 4 rings (SSSR count). The van der Waals surface area contributed by atoms with E-state index in [-0.39, 0.29) is 0 Å². The first-order chi connectivity index (χ1) is 10.8. The lowest BCUT2D eigenvalue weighted by Crippen LogP contribution is -1.89. The summed E-state index contributed by atoms with van der Waals surface area (Å²) in [6.45, 7) is 0. The molecule has 2 aromatic heterocycles. The maximum absolute atomic E-state index is 4.85. The summed E-state index contributed by atoms with van der Waals surface area (Å²) in [5, 5.41) is 0. The smallest absolute Gasteiger partial charge is 0.137 e. The molecule has 0 aliphatic rings. The van der Waals surface area contributed by atoms with Crippen molar-refractivity contribution < 1.29 is 0 Å². The standard InChI is InChI=1S/C19H13BrN2/c20-16-11-5-4-10-15(16)18-19(14-8-2-1-3-9-14)22-13-7-6-12-17(22)21-18/h1-13H.